The summed E-state index contributed by atoms with van der Waals surface area (Å²) in [5.74, 6) is 0. The van der Waals surface area contributed by atoms with Crippen LogP contribution in [0.3, 0.4) is 0 Å². The van der Waals surface area contributed by atoms with E-state index in [1.165, 1.54) is 54.2 Å². The van der Waals surface area contributed by atoms with Crippen molar-refractivity contribution in [3.8, 4) is 0 Å². The molecule has 144 valence electrons. The quantitative estimate of drug-likeness (QED) is 0.230. The molecule has 0 aliphatic heterocycles. The zero-order valence-corrected chi connectivity index (χ0v) is 17.4. The smallest absolute Gasteiger partial charge is 0.0148 e. The van der Waals surface area contributed by atoms with Gasteiger partial charge in [-0.05, 0) is 80.7 Å². The van der Waals surface area contributed by atoms with Crippen LogP contribution in [0.2, 0.25) is 0 Å². The third kappa shape index (κ3) is 3.42. The van der Waals surface area contributed by atoms with Gasteiger partial charge in [0.05, 0.1) is 0 Å². The van der Waals surface area contributed by atoms with Crippen LogP contribution in [0.25, 0.3) is 43.1 Å². The van der Waals surface area contributed by atoms with E-state index < -0.39 is 0 Å². The van der Waals surface area contributed by atoms with Gasteiger partial charge >= 0.3 is 0 Å². The molecule has 0 bridgehead atoms. The van der Waals surface area contributed by atoms with Crippen molar-refractivity contribution < 1.29 is 0 Å². The van der Waals surface area contributed by atoms with Crippen LogP contribution in [-0.4, -0.2) is 0 Å². The van der Waals surface area contributed by atoms with Crippen molar-refractivity contribution in [2.24, 2.45) is 0 Å². The summed E-state index contributed by atoms with van der Waals surface area (Å²) in [4.78, 5) is 0. The maximum atomic E-state index is 2.26. The van der Waals surface area contributed by atoms with Crippen LogP contribution in [0, 0.1) is 13.8 Å². The van der Waals surface area contributed by atoms with Crippen molar-refractivity contribution in [1.82, 2.24) is 0 Å². The third-order valence-corrected chi connectivity index (χ3v) is 5.90. The maximum absolute atomic E-state index is 2.26. The van der Waals surface area contributed by atoms with Gasteiger partial charge in [0, 0.05) is 0 Å². The number of hydrogen-bond acceptors (Lipinski definition) is 0. The molecule has 30 heavy (non-hydrogen) atoms. The first-order valence-electron chi connectivity index (χ1n) is 10.5. The largest absolute Gasteiger partial charge is 0.0616 e. The molecule has 0 aliphatic rings. The van der Waals surface area contributed by atoms with Gasteiger partial charge in [-0.15, -0.1) is 0 Å². The highest BCUT2D eigenvalue weighted by molar-refractivity contribution is 6.02. The first-order chi connectivity index (χ1) is 14.7. The van der Waals surface area contributed by atoms with Crippen LogP contribution in [-0.2, 0) is 0 Å². The molecule has 0 atom stereocenters. The first kappa shape index (κ1) is 18.4. The maximum Gasteiger partial charge on any atom is -0.0148 e. The van der Waals surface area contributed by atoms with Crippen LogP contribution >= 0.6 is 0 Å². The highest BCUT2D eigenvalue weighted by atomic mass is 14.1. The lowest BCUT2D eigenvalue weighted by molar-refractivity contribution is 1.51. The molecule has 0 amide bonds. The van der Waals surface area contributed by atoms with Crippen LogP contribution in [0.5, 0.6) is 0 Å². The lowest BCUT2D eigenvalue weighted by Crippen LogP contribution is -1.81. The zero-order valence-electron chi connectivity index (χ0n) is 17.4. The molecule has 0 N–H and O–H groups in total. The molecule has 0 fully saturated rings. The molecule has 0 heteroatoms. The van der Waals surface area contributed by atoms with Crippen molar-refractivity contribution in [3.63, 3.8) is 0 Å². The van der Waals surface area contributed by atoms with E-state index in [0.717, 1.165) is 0 Å². The van der Waals surface area contributed by atoms with Crippen molar-refractivity contribution >= 4 is 43.1 Å². The SMILES string of the molecule is Cc1c2ccccc2cc2ccccc12.Cc1ccc2cc3ccccc3cc2c1. The van der Waals surface area contributed by atoms with Gasteiger partial charge < -0.3 is 0 Å². The van der Waals surface area contributed by atoms with Gasteiger partial charge in [0.15, 0.2) is 0 Å². The molecule has 0 aliphatic carbocycles. The molecule has 0 unspecified atom stereocenters. The van der Waals surface area contributed by atoms with E-state index in [1.807, 2.05) is 0 Å². The van der Waals surface area contributed by atoms with E-state index in [1.54, 1.807) is 0 Å². The highest BCUT2D eigenvalue weighted by Gasteiger charge is 2.01. The second-order valence-electron chi connectivity index (χ2n) is 7.99. The second kappa shape index (κ2) is 7.65. The summed E-state index contributed by atoms with van der Waals surface area (Å²) < 4.78 is 0. The molecule has 0 aromatic heterocycles. The molecule has 6 rings (SSSR count). The Hall–Kier alpha value is -3.64. The lowest BCUT2D eigenvalue weighted by Gasteiger charge is -2.06. The minimum absolute atomic E-state index is 1.31. The molecule has 0 spiro atoms. The van der Waals surface area contributed by atoms with Gasteiger partial charge in [0.2, 0.25) is 0 Å². The summed E-state index contributed by atoms with van der Waals surface area (Å²) in [7, 11) is 0. The van der Waals surface area contributed by atoms with Crippen LogP contribution in [0.15, 0.2) is 109 Å². The molecule has 6 aromatic carbocycles. The molecule has 0 saturated carbocycles. The molecular weight excluding hydrogens is 360 g/mol. The predicted octanol–water partition coefficient (Wildman–Crippen LogP) is 8.60. The summed E-state index contributed by atoms with van der Waals surface area (Å²) in [5.41, 5.74) is 2.70. The number of fused-ring (bicyclic) bond motifs is 4. The van der Waals surface area contributed by atoms with Gasteiger partial charge in [-0.2, -0.15) is 0 Å². The fraction of sp³-hybridized carbons (Fsp3) is 0.0667. The molecule has 0 saturated heterocycles. The number of hydrogen-bond donors (Lipinski definition) is 0. The van der Waals surface area contributed by atoms with E-state index >= 15 is 0 Å². The van der Waals surface area contributed by atoms with E-state index in [4.69, 9.17) is 0 Å². The summed E-state index contributed by atoms with van der Waals surface area (Å²) >= 11 is 0. The minimum atomic E-state index is 1.31. The Bertz CT molecular complexity index is 1450. The van der Waals surface area contributed by atoms with Crippen LogP contribution < -0.4 is 0 Å². The highest BCUT2D eigenvalue weighted by Crippen LogP contribution is 2.27. The molecule has 0 heterocycles. The summed E-state index contributed by atoms with van der Waals surface area (Å²) in [6.07, 6.45) is 0. The van der Waals surface area contributed by atoms with E-state index in [2.05, 4.69) is 123 Å². The normalized spacial score (nSPS) is 11.0. The number of aryl methyl sites for hydroxylation is 2. The van der Waals surface area contributed by atoms with Crippen LogP contribution in [0.4, 0.5) is 0 Å². The van der Waals surface area contributed by atoms with E-state index in [-0.39, 0.29) is 0 Å². The van der Waals surface area contributed by atoms with Crippen molar-refractivity contribution in [2.75, 3.05) is 0 Å². The standard InChI is InChI=1S/2C15H12/c1-11-14-8-4-2-6-12(14)10-13-7-3-5-9-15(11)13;1-11-6-7-14-9-12-4-2-3-5-13(12)10-15(14)8-11/h2*2-10H,1H3. The van der Waals surface area contributed by atoms with Crippen LogP contribution in [0.1, 0.15) is 11.1 Å². The third-order valence-electron chi connectivity index (χ3n) is 5.90. The fourth-order valence-electron chi connectivity index (χ4n) is 4.30. The zero-order chi connectivity index (χ0) is 20.5. The summed E-state index contributed by atoms with van der Waals surface area (Å²) in [6, 6.07) is 39.0. The Morgan fingerprint density at radius 3 is 1.40 bits per heavy atom. The fourth-order valence-corrected chi connectivity index (χ4v) is 4.30. The Morgan fingerprint density at radius 1 is 0.367 bits per heavy atom. The Labute approximate surface area is 177 Å². The molecule has 0 nitrogen and oxygen atoms in total. The Morgan fingerprint density at radius 2 is 0.800 bits per heavy atom. The number of benzene rings is 6. The molecular formula is C30H24. The predicted molar refractivity (Wildman–Crippen MR) is 132 cm³/mol. The first-order valence-corrected chi connectivity index (χ1v) is 10.5. The molecule has 0 radical (unpaired) electrons. The van der Waals surface area contributed by atoms with Gasteiger partial charge in [-0.25, -0.2) is 0 Å². The van der Waals surface area contributed by atoms with Gasteiger partial charge in [-0.1, -0.05) is 96.6 Å². The Balaban J connectivity index is 0.000000128. The van der Waals surface area contributed by atoms with Crippen molar-refractivity contribution in [3.05, 3.63) is 120 Å². The number of rotatable bonds is 0. The monoisotopic (exact) mass is 384 g/mol. The summed E-state index contributed by atoms with van der Waals surface area (Å²) in [5, 5.41) is 10.6. The van der Waals surface area contributed by atoms with Gasteiger partial charge in [0.25, 0.3) is 0 Å². The topological polar surface area (TPSA) is 0 Å². The Kier molecular flexibility index (Phi) is 4.69. The second-order valence-corrected chi connectivity index (χ2v) is 7.99. The lowest BCUT2D eigenvalue weighted by atomic mass is 9.98. The van der Waals surface area contributed by atoms with Crippen molar-refractivity contribution in [1.29, 1.82) is 0 Å². The average Bonchev–Trinajstić information content (AvgIpc) is 2.78. The molecule has 6 aromatic rings. The minimum Gasteiger partial charge on any atom is -0.0616 e. The van der Waals surface area contributed by atoms with Gasteiger partial charge in [-0.3, -0.25) is 0 Å². The van der Waals surface area contributed by atoms with Crippen molar-refractivity contribution in [2.45, 2.75) is 13.8 Å². The van der Waals surface area contributed by atoms with E-state index in [9.17, 15) is 0 Å². The van der Waals surface area contributed by atoms with Gasteiger partial charge in [0.1, 0.15) is 0 Å². The average molecular weight is 385 g/mol. The summed E-state index contributed by atoms with van der Waals surface area (Å²) in [6.45, 7) is 4.33. The van der Waals surface area contributed by atoms with E-state index in [0.29, 0.717) is 0 Å².